The molecule has 0 aromatic rings. The summed E-state index contributed by atoms with van der Waals surface area (Å²) in [5, 5.41) is 9.69. The summed E-state index contributed by atoms with van der Waals surface area (Å²) < 4.78 is 0. The lowest BCUT2D eigenvalue weighted by molar-refractivity contribution is -0.134. The van der Waals surface area contributed by atoms with Crippen LogP contribution >= 0.6 is 7.26 Å². The summed E-state index contributed by atoms with van der Waals surface area (Å²) in [6.07, 6.45) is 28.1. The molecule has 0 rings (SSSR count). The standard InChI is InChI=1S/C26H53O2P/c1-4-7-10-13-16-19-22-29(25-26(27)28,23-20-17-14-11-8-5-2)24-21-18-15-12-9-6-3/h4-25H2,1-3H3/p+1. The fraction of sp³-hybridized carbons (Fsp3) is 0.962. The van der Waals surface area contributed by atoms with E-state index in [9.17, 15) is 9.90 Å². The minimum Gasteiger partial charge on any atom is -0.479 e. The van der Waals surface area contributed by atoms with Gasteiger partial charge in [0.05, 0.1) is 18.5 Å². The van der Waals surface area contributed by atoms with Crippen LogP contribution in [0.1, 0.15) is 136 Å². The summed E-state index contributed by atoms with van der Waals surface area (Å²) >= 11 is 0. The smallest absolute Gasteiger partial charge is 0.341 e. The molecule has 29 heavy (non-hydrogen) atoms. The predicted octanol–water partition coefficient (Wildman–Crippen LogP) is 9.17. The molecule has 0 unspecified atom stereocenters. The van der Waals surface area contributed by atoms with E-state index in [-0.39, 0.29) is 0 Å². The van der Waals surface area contributed by atoms with Gasteiger partial charge in [-0.25, -0.2) is 4.79 Å². The van der Waals surface area contributed by atoms with E-state index in [1.165, 1.54) is 134 Å². The Morgan fingerprint density at radius 1 is 0.517 bits per heavy atom. The van der Waals surface area contributed by atoms with Gasteiger partial charge in [0.1, 0.15) is 0 Å². The van der Waals surface area contributed by atoms with Crippen molar-refractivity contribution in [1.82, 2.24) is 0 Å². The lowest BCUT2D eigenvalue weighted by Crippen LogP contribution is -2.18. The Labute approximate surface area is 184 Å². The van der Waals surface area contributed by atoms with Crippen LogP contribution in [0.5, 0.6) is 0 Å². The fourth-order valence-electron chi connectivity index (χ4n) is 4.54. The van der Waals surface area contributed by atoms with Crippen molar-refractivity contribution in [1.29, 1.82) is 0 Å². The van der Waals surface area contributed by atoms with E-state index in [0.717, 1.165) is 0 Å². The number of hydrogen-bond acceptors (Lipinski definition) is 1. The average Bonchev–Trinajstić information content (AvgIpc) is 2.69. The van der Waals surface area contributed by atoms with Crippen molar-refractivity contribution in [2.24, 2.45) is 0 Å². The molecule has 0 saturated carbocycles. The second kappa shape index (κ2) is 21.1. The van der Waals surface area contributed by atoms with E-state index in [4.69, 9.17) is 0 Å². The molecular weight excluding hydrogens is 375 g/mol. The minimum atomic E-state index is -1.32. The highest BCUT2D eigenvalue weighted by molar-refractivity contribution is 7.76. The van der Waals surface area contributed by atoms with Crippen LogP contribution in [0.2, 0.25) is 0 Å². The summed E-state index contributed by atoms with van der Waals surface area (Å²) in [7, 11) is -1.32. The predicted molar refractivity (Wildman–Crippen MR) is 134 cm³/mol. The van der Waals surface area contributed by atoms with Gasteiger partial charge in [-0.2, -0.15) is 0 Å². The van der Waals surface area contributed by atoms with Gasteiger partial charge in [-0.3, -0.25) is 0 Å². The van der Waals surface area contributed by atoms with E-state index < -0.39 is 13.2 Å². The van der Waals surface area contributed by atoms with E-state index >= 15 is 0 Å². The van der Waals surface area contributed by atoms with Gasteiger partial charge in [0.25, 0.3) is 0 Å². The summed E-state index contributed by atoms with van der Waals surface area (Å²) in [5.74, 6) is -0.527. The molecule has 0 aromatic carbocycles. The molecule has 0 aliphatic rings. The zero-order valence-corrected chi connectivity index (χ0v) is 21.3. The Kier molecular flexibility index (Phi) is 21.1. The summed E-state index contributed by atoms with van der Waals surface area (Å²) in [6, 6.07) is 0. The monoisotopic (exact) mass is 429 g/mol. The minimum absolute atomic E-state index is 0.506. The maximum atomic E-state index is 11.8. The van der Waals surface area contributed by atoms with Crippen molar-refractivity contribution in [2.45, 2.75) is 136 Å². The Morgan fingerprint density at radius 2 is 0.793 bits per heavy atom. The Morgan fingerprint density at radius 3 is 1.07 bits per heavy atom. The van der Waals surface area contributed by atoms with Crippen molar-refractivity contribution in [3.63, 3.8) is 0 Å². The number of hydrogen-bond donors (Lipinski definition) is 1. The van der Waals surface area contributed by atoms with Crippen molar-refractivity contribution in [3.05, 3.63) is 0 Å². The second-order valence-corrected chi connectivity index (χ2v) is 13.7. The Hall–Kier alpha value is -0.100. The van der Waals surface area contributed by atoms with Gasteiger partial charge >= 0.3 is 5.97 Å². The molecule has 2 nitrogen and oxygen atoms in total. The van der Waals surface area contributed by atoms with Crippen LogP contribution in [0.3, 0.4) is 0 Å². The van der Waals surface area contributed by atoms with E-state index in [1.54, 1.807) is 0 Å². The molecule has 0 fully saturated rings. The van der Waals surface area contributed by atoms with Crippen LogP contribution in [0.4, 0.5) is 0 Å². The highest BCUT2D eigenvalue weighted by Crippen LogP contribution is 2.60. The van der Waals surface area contributed by atoms with Crippen LogP contribution in [0, 0.1) is 0 Å². The normalized spacial score (nSPS) is 11.8. The molecule has 0 aromatic heterocycles. The maximum absolute atomic E-state index is 11.8. The molecule has 0 aliphatic heterocycles. The third-order valence-corrected chi connectivity index (χ3v) is 11.2. The largest absolute Gasteiger partial charge is 0.479 e. The molecule has 0 aliphatic carbocycles. The Bertz CT molecular complexity index is 316. The first-order chi connectivity index (χ1) is 14.1. The van der Waals surface area contributed by atoms with Gasteiger partial charge in [-0.15, -0.1) is 0 Å². The Balaban J connectivity index is 4.59. The van der Waals surface area contributed by atoms with Crippen LogP contribution in [-0.2, 0) is 4.79 Å². The molecule has 0 heterocycles. The number of unbranched alkanes of at least 4 members (excludes halogenated alkanes) is 15. The molecule has 0 radical (unpaired) electrons. The molecule has 0 spiro atoms. The van der Waals surface area contributed by atoms with Crippen molar-refractivity contribution < 1.29 is 9.90 Å². The first kappa shape index (κ1) is 28.9. The van der Waals surface area contributed by atoms with Gasteiger partial charge in [0, 0.05) is 7.26 Å². The quantitative estimate of drug-likeness (QED) is 0.130. The third-order valence-electron chi connectivity index (χ3n) is 6.43. The van der Waals surface area contributed by atoms with Gasteiger partial charge in [0.15, 0.2) is 6.16 Å². The van der Waals surface area contributed by atoms with E-state index in [2.05, 4.69) is 20.8 Å². The highest BCUT2D eigenvalue weighted by atomic mass is 31.2. The molecule has 0 saturated heterocycles. The van der Waals surface area contributed by atoms with E-state index in [1.807, 2.05) is 0 Å². The van der Waals surface area contributed by atoms with Crippen LogP contribution in [-0.4, -0.2) is 35.7 Å². The van der Waals surface area contributed by atoms with Gasteiger partial charge in [0.2, 0.25) is 0 Å². The molecule has 0 amide bonds. The van der Waals surface area contributed by atoms with E-state index in [0.29, 0.717) is 6.16 Å². The number of carbonyl (C=O) groups is 1. The number of rotatable bonds is 23. The first-order valence-electron chi connectivity index (χ1n) is 13.2. The first-order valence-corrected chi connectivity index (χ1v) is 15.7. The fourth-order valence-corrected chi connectivity index (χ4v) is 8.94. The molecule has 174 valence electrons. The average molecular weight is 430 g/mol. The molecule has 0 atom stereocenters. The topological polar surface area (TPSA) is 37.3 Å². The lowest BCUT2D eigenvalue weighted by atomic mass is 10.1. The van der Waals surface area contributed by atoms with Crippen LogP contribution in [0.15, 0.2) is 0 Å². The summed E-state index contributed by atoms with van der Waals surface area (Å²) in [4.78, 5) is 11.8. The number of carboxylic acids is 1. The summed E-state index contributed by atoms with van der Waals surface area (Å²) in [5.41, 5.74) is 0. The highest BCUT2D eigenvalue weighted by Gasteiger charge is 2.38. The zero-order valence-electron chi connectivity index (χ0n) is 20.4. The molecular formula is C26H54O2P+. The van der Waals surface area contributed by atoms with Crippen LogP contribution < -0.4 is 0 Å². The van der Waals surface area contributed by atoms with Crippen molar-refractivity contribution in [2.75, 3.05) is 24.6 Å². The zero-order chi connectivity index (χ0) is 21.6. The number of carboxylic acid groups (broad SMARTS) is 1. The maximum Gasteiger partial charge on any atom is 0.341 e. The van der Waals surface area contributed by atoms with Gasteiger partial charge in [-0.05, 0) is 38.5 Å². The summed E-state index contributed by atoms with van der Waals surface area (Å²) in [6.45, 7) is 6.80. The van der Waals surface area contributed by atoms with Crippen molar-refractivity contribution in [3.8, 4) is 0 Å². The van der Waals surface area contributed by atoms with Crippen LogP contribution in [0.25, 0.3) is 0 Å². The molecule has 3 heteroatoms. The SMILES string of the molecule is CCCCCCCC[P+](CCCCCCCC)(CCCCCCCC)CC(=O)O. The molecule has 0 bridgehead atoms. The van der Waals surface area contributed by atoms with Gasteiger partial charge < -0.3 is 5.11 Å². The number of aliphatic carboxylic acids is 1. The van der Waals surface area contributed by atoms with Gasteiger partial charge in [-0.1, -0.05) is 97.8 Å². The van der Waals surface area contributed by atoms with Crippen molar-refractivity contribution >= 4 is 13.2 Å². The molecule has 1 N–H and O–H groups in total. The second-order valence-electron chi connectivity index (χ2n) is 9.37. The lowest BCUT2D eigenvalue weighted by Gasteiger charge is -2.26. The third kappa shape index (κ3) is 18.4.